The molecule has 4 rings (SSSR count). The first-order chi connectivity index (χ1) is 17.1. The maximum atomic E-state index is 11.3. The van der Waals surface area contributed by atoms with Crippen LogP contribution in [0.3, 0.4) is 0 Å². The standard InChI is InChI=1S/C29H36ClN3O2/c30-26-14-12-23(13-15-26)21-32-19-17-27(22-32)33(18-5-1-2-11-29(34)31-35)20-16-25-9-6-8-24-7-3-4-10-28(24)25/h3-4,6-10,12-15,27,35H,1-2,5,11,16-22H2,(H,31,34). The van der Waals surface area contributed by atoms with Crippen LogP contribution in [0.4, 0.5) is 0 Å². The summed E-state index contributed by atoms with van der Waals surface area (Å²) in [5, 5.41) is 12.1. The van der Waals surface area contributed by atoms with Crippen LogP contribution in [0.1, 0.15) is 43.2 Å². The van der Waals surface area contributed by atoms with Crippen molar-refractivity contribution in [2.24, 2.45) is 0 Å². The first kappa shape index (κ1) is 25.6. The zero-order valence-electron chi connectivity index (χ0n) is 20.3. The monoisotopic (exact) mass is 493 g/mol. The second-order valence-corrected chi connectivity index (χ2v) is 10.0. The molecule has 1 aliphatic rings. The quantitative estimate of drug-likeness (QED) is 0.194. The molecule has 3 aromatic rings. The van der Waals surface area contributed by atoms with E-state index < -0.39 is 0 Å². The second kappa shape index (κ2) is 13.0. The van der Waals surface area contributed by atoms with Gasteiger partial charge in [0.15, 0.2) is 0 Å². The van der Waals surface area contributed by atoms with Gasteiger partial charge in [-0.3, -0.25) is 19.8 Å². The summed E-state index contributed by atoms with van der Waals surface area (Å²) in [5.41, 5.74) is 4.44. The van der Waals surface area contributed by atoms with Gasteiger partial charge in [0.05, 0.1) is 0 Å². The fourth-order valence-electron chi connectivity index (χ4n) is 5.19. The summed E-state index contributed by atoms with van der Waals surface area (Å²) in [6, 6.07) is 24.0. The van der Waals surface area contributed by atoms with Crippen molar-refractivity contribution in [3.63, 3.8) is 0 Å². The Hall–Kier alpha value is -2.44. The van der Waals surface area contributed by atoms with Crippen molar-refractivity contribution >= 4 is 28.3 Å². The fourth-order valence-corrected chi connectivity index (χ4v) is 5.31. The number of fused-ring (bicyclic) bond motifs is 1. The Labute approximate surface area is 213 Å². The molecule has 1 fully saturated rings. The third-order valence-corrected chi connectivity index (χ3v) is 7.36. The number of nitrogens with one attached hydrogen (secondary N) is 1. The van der Waals surface area contributed by atoms with E-state index in [4.69, 9.17) is 16.8 Å². The number of hydroxylamine groups is 1. The van der Waals surface area contributed by atoms with Crippen LogP contribution in [0.2, 0.25) is 5.02 Å². The van der Waals surface area contributed by atoms with E-state index in [1.165, 1.54) is 28.3 Å². The molecule has 35 heavy (non-hydrogen) atoms. The van der Waals surface area contributed by atoms with E-state index in [1.807, 2.05) is 12.1 Å². The molecule has 0 saturated carbocycles. The summed E-state index contributed by atoms with van der Waals surface area (Å²) < 4.78 is 0. The lowest BCUT2D eigenvalue weighted by Crippen LogP contribution is -2.39. The molecule has 1 unspecified atom stereocenters. The molecule has 1 heterocycles. The van der Waals surface area contributed by atoms with E-state index in [1.54, 1.807) is 5.48 Å². The molecule has 3 aromatic carbocycles. The summed E-state index contributed by atoms with van der Waals surface area (Å²) in [7, 11) is 0. The van der Waals surface area contributed by atoms with Gasteiger partial charge >= 0.3 is 0 Å². The average Bonchev–Trinajstić information content (AvgIpc) is 3.35. The minimum Gasteiger partial charge on any atom is -0.299 e. The van der Waals surface area contributed by atoms with Crippen LogP contribution < -0.4 is 5.48 Å². The summed E-state index contributed by atoms with van der Waals surface area (Å²) >= 11 is 6.06. The Morgan fingerprint density at radius 2 is 1.80 bits per heavy atom. The van der Waals surface area contributed by atoms with Crippen LogP contribution in [0.25, 0.3) is 10.8 Å². The Morgan fingerprint density at radius 1 is 1.00 bits per heavy atom. The number of hydrogen-bond acceptors (Lipinski definition) is 4. The third-order valence-electron chi connectivity index (χ3n) is 7.11. The highest BCUT2D eigenvalue weighted by atomic mass is 35.5. The molecule has 0 aromatic heterocycles. The molecule has 0 radical (unpaired) electrons. The SMILES string of the molecule is O=C(CCCCCN(CCc1cccc2ccccc12)C1CCN(Cc2ccc(Cl)cc2)C1)NO. The summed E-state index contributed by atoms with van der Waals surface area (Å²) in [6.45, 7) is 5.20. The van der Waals surface area contributed by atoms with Gasteiger partial charge in [-0.25, -0.2) is 5.48 Å². The van der Waals surface area contributed by atoms with Crippen molar-refractivity contribution in [1.29, 1.82) is 0 Å². The minimum atomic E-state index is -0.300. The lowest BCUT2D eigenvalue weighted by molar-refractivity contribution is -0.129. The van der Waals surface area contributed by atoms with E-state index in [0.29, 0.717) is 12.5 Å². The molecule has 0 bridgehead atoms. The van der Waals surface area contributed by atoms with E-state index in [0.717, 1.165) is 63.4 Å². The molecule has 1 saturated heterocycles. The highest BCUT2D eigenvalue weighted by Gasteiger charge is 2.27. The zero-order valence-corrected chi connectivity index (χ0v) is 21.1. The number of amides is 1. The van der Waals surface area contributed by atoms with Gasteiger partial charge in [0, 0.05) is 43.7 Å². The number of carbonyl (C=O) groups is 1. The van der Waals surface area contributed by atoms with Crippen LogP contribution in [-0.2, 0) is 17.8 Å². The number of hydrogen-bond donors (Lipinski definition) is 2. The van der Waals surface area contributed by atoms with Crippen LogP contribution in [0.15, 0.2) is 66.7 Å². The van der Waals surface area contributed by atoms with E-state index in [-0.39, 0.29) is 5.91 Å². The summed E-state index contributed by atoms with van der Waals surface area (Å²) in [5.74, 6) is -0.300. The molecule has 2 N–H and O–H groups in total. The predicted octanol–water partition coefficient (Wildman–Crippen LogP) is 5.68. The number of benzene rings is 3. The van der Waals surface area contributed by atoms with Gasteiger partial charge in [-0.05, 0) is 66.3 Å². The van der Waals surface area contributed by atoms with Gasteiger partial charge in [-0.1, -0.05) is 72.6 Å². The number of likely N-dealkylation sites (tertiary alicyclic amines) is 1. The normalized spacial score (nSPS) is 16.3. The highest BCUT2D eigenvalue weighted by Crippen LogP contribution is 2.23. The van der Waals surface area contributed by atoms with Gasteiger partial charge in [-0.15, -0.1) is 0 Å². The smallest absolute Gasteiger partial charge is 0.243 e. The van der Waals surface area contributed by atoms with Crippen molar-refractivity contribution in [2.45, 2.75) is 51.1 Å². The maximum absolute atomic E-state index is 11.3. The fraction of sp³-hybridized carbons (Fsp3) is 0.414. The molecule has 0 aliphatic carbocycles. The first-order valence-corrected chi connectivity index (χ1v) is 13.1. The first-order valence-electron chi connectivity index (χ1n) is 12.7. The number of unbranched alkanes of at least 4 members (excludes halogenated alkanes) is 2. The third kappa shape index (κ3) is 7.52. The van der Waals surface area contributed by atoms with Crippen molar-refractivity contribution in [3.8, 4) is 0 Å². The molecule has 1 amide bonds. The van der Waals surface area contributed by atoms with Crippen molar-refractivity contribution in [1.82, 2.24) is 15.3 Å². The Bertz CT molecular complexity index is 1080. The van der Waals surface area contributed by atoms with Crippen molar-refractivity contribution in [3.05, 3.63) is 82.9 Å². The molecule has 0 spiro atoms. The number of carbonyl (C=O) groups excluding carboxylic acids is 1. The Balaban J connectivity index is 1.36. The lowest BCUT2D eigenvalue weighted by atomic mass is 10.0. The number of rotatable bonds is 12. The summed E-state index contributed by atoms with van der Waals surface area (Å²) in [6.07, 6.45) is 5.43. The van der Waals surface area contributed by atoms with Gasteiger partial charge in [-0.2, -0.15) is 0 Å². The van der Waals surface area contributed by atoms with Gasteiger partial charge in [0.25, 0.3) is 0 Å². The second-order valence-electron chi connectivity index (χ2n) is 9.57. The number of nitrogens with zero attached hydrogens (tertiary/aromatic N) is 2. The van der Waals surface area contributed by atoms with Gasteiger partial charge in [0.2, 0.25) is 5.91 Å². The van der Waals surface area contributed by atoms with Crippen molar-refractivity contribution < 1.29 is 10.0 Å². The van der Waals surface area contributed by atoms with Crippen LogP contribution in [0, 0.1) is 0 Å². The van der Waals surface area contributed by atoms with Crippen LogP contribution in [0.5, 0.6) is 0 Å². The predicted molar refractivity (Wildman–Crippen MR) is 143 cm³/mol. The number of halogens is 1. The molecule has 6 heteroatoms. The maximum Gasteiger partial charge on any atom is 0.243 e. The Kier molecular flexibility index (Phi) is 9.55. The van der Waals surface area contributed by atoms with E-state index in [2.05, 4.69) is 64.4 Å². The largest absolute Gasteiger partial charge is 0.299 e. The lowest BCUT2D eigenvalue weighted by Gasteiger charge is -2.29. The van der Waals surface area contributed by atoms with E-state index in [9.17, 15) is 4.79 Å². The molecular formula is C29H36ClN3O2. The molecular weight excluding hydrogens is 458 g/mol. The molecule has 1 atom stereocenters. The molecule has 1 aliphatic heterocycles. The Morgan fingerprint density at radius 3 is 2.63 bits per heavy atom. The van der Waals surface area contributed by atoms with Gasteiger partial charge in [0.1, 0.15) is 0 Å². The van der Waals surface area contributed by atoms with Crippen LogP contribution in [-0.4, -0.2) is 53.1 Å². The topological polar surface area (TPSA) is 55.8 Å². The highest BCUT2D eigenvalue weighted by molar-refractivity contribution is 6.30. The molecule has 186 valence electrons. The van der Waals surface area contributed by atoms with E-state index >= 15 is 0 Å². The summed E-state index contributed by atoms with van der Waals surface area (Å²) in [4.78, 5) is 16.5. The molecule has 5 nitrogen and oxygen atoms in total. The average molecular weight is 494 g/mol. The minimum absolute atomic E-state index is 0.300. The van der Waals surface area contributed by atoms with Crippen LogP contribution >= 0.6 is 11.6 Å². The van der Waals surface area contributed by atoms with Gasteiger partial charge < -0.3 is 0 Å². The zero-order chi connectivity index (χ0) is 24.5. The van der Waals surface area contributed by atoms with Crippen molar-refractivity contribution in [2.75, 3.05) is 26.2 Å².